The minimum Gasteiger partial charge on any atom is -0.466 e. The molecule has 1 atom stereocenters. The summed E-state index contributed by atoms with van der Waals surface area (Å²) in [6.07, 6.45) is 1.20. The number of hydrogen-bond acceptors (Lipinski definition) is 5. The van der Waals surface area contributed by atoms with Crippen molar-refractivity contribution in [2.75, 3.05) is 24.3 Å². The molecule has 3 rings (SSSR count). The van der Waals surface area contributed by atoms with Crippen LogP contribution in [-0.4, -0.2) is 31.9 Å². The van der Waals surface area contributed by atoms with E-state index in [-0.39, 0.29) is 5.70 Å². The van der Waals surface area contributed by atoms with E-state index in [2.05, 4.69) is 19.1 Å². The first-order valence-corrected chi connectivity index (χ1v) is 9.55. The fourth-order valence-electron chi connectivity index (χ4n) is 3.00. The molecule has 0 spiro atoms. The smallest absolute Gasteiger partial charge is 0.359 e. The third-order valence-corrected chi connectivity index (χ3v) is 6.36. The first-order chi connectivity index (χ1) is 12.6. The summed E-state index contributed by atoms with van der Waals surface area (Å²) < 4.78 is 11.6. The lowest BCUT2D eigenvalue weighted by Crippen LogP contribution is -2.38. The molecule has 134 valence electrons. The SMILES string of the molecule is CC[S+]1c2ccccc2-c2ccccc2N1C(=CC(=O)OC)C(=O)OC. The number of methoxy groups -OCH3 is 2. The summed E-state index contributed by atoms with van der Waals surface area (Å²) in [6.45, 7) is 2.06. The van der Waals surface area contributed by atoms with Gasteiger partial charge in [0, 0.05) is 11.1 Å². The van der Waals surface area contributed by atoms with Crippen LogP contribution in [0.4, 0.5) is 5.69 Å². The number of anilines is 1. The average molecular weight is 370 g/mol. The summed E-state index contributed by atoms with van der Waals surface area (Å²) in [4.78, 5) is 25.6. The molecule has 0 bridgehead atoms. The van der Waals surface area contributed by atoms with Gasteiger partial charge in [0.2, 0.25) is 0 Å². The van der Waals surface area contributed by atoms with Crippen LogP contribution in [0.15, 0.2) is 65.2 Å². The van der Waals surface area contributed by atoms with Gasteiger partial charge >= 0.3 is 11.9 Å². The Bertz CT molecular complexity index is 878. The maximum Gasteiger partial charge on any atom is 0.359 e. The van der Waals surface area contributed by atoms with E-state index < -0.39 is 23.0 Å². The van der Waals surface area contributed by atoms with Crippen molar-refractivity contribution < 1.29 is 19.1 Å². The third-order valence-electron chi connectivity index (χ3n) is 4.12. The van der Waals surface area contributed by atoms with E-state index in [1.54, 1.807) is 0 Å². The molecule has 0 radical (unpaired) electrons. The van der Waals surface area contributed by atoms with Gasteiger partial charge in [-0.3, -0.25) is 0 Å². The van der Waals surface area contributed by atoms with Gasteiger partial charge in [0.1, 0.15) is 16.8 Å². The van der Waals surface area contributed by atoms with Crippen molar-refractivity contribution >= 4 is 28.7 Å². The molecule has 0 amide bonds. The van der Waals surface area contributed by atoms with Crippen molar-refractivity contribution in [1.29, 1.82) is 0 Å². The van der Waals surface area contributed by atoms with Gasteiger partial charge in [0.25, 0.3) is 0 Å². The second kappa shape index (κ2) is 7.66. The van der Waals surface area contributed by atoms with Crippen LogP contribution in [0.3, 0.4) is 0 Å². The second-order valence-electron chi connectivity index (χ2n) is 5.51. The molecule has 1 unspecified atom stereocenters. The van der Waals surface area contributed by atoms with E-state index in [0.717, 1.165) is 27.5 Å². The zero-order chi connectivity index (χ0) is 18.7. The molecule has 1 aliphatic rings. The lowest BCUT2D eigenvalue weighted by Gasteiger charge is -2.30. The lowest BCUT2D eigenvalue weighted by molar-refractivity contribution is -0.138. The van der Waals surface area contributed by atoms with Crippen LogP contribution < -0.4 is 4.31 Å². The van der Waals surface area contributed by atoms with Crippen molar-refractivity contribution in [2.45, 2.75) is 11.8 Å². The molecule has 1 heterocycles. The van der Waals surface area contributed by atoms with E-state index in [1.165, 1.54) is 20.3 Å². The summed E-state index contributed by atoms with van der Waals surface area (Å²) in [7, 11) is 2.59. The molecule has 0 N–H and O–H groups in total. The highest BCUT2D eigenvalue weighted by Gasteiger charge is 2.43. The predicted octanol–water partition coefficient (Wildman–Crippen LogP) is 3.32. The van der Waals surface area contributed by atoms with Crippen LogP contribution in [0, 0.1) is 0 Å². The molecular weight excluding hydrogens is 350 g/mol. The molecule has 2 aromatic carbocycles. The van der Waals surface area contributed by atoms with Gasteiger partial charge in [-0.15, -0.1) is 4.31 Å². The van der Waals surface area contributed by atoms with Crippen LogP contribution in [-0.2, 0) is 30.1 Å². The van der Waals surface area contributed by atoms with Crippen molar-refractivity contribution in [1.82, 2.24) is 0 Å². The number of hydrogen-bond donors (Lipinski definition) is 0. The molecule has 0 aromatic heterocycles. The fraction of sp³-hybridized carbons (Fsp3) is 0.200. The minimum absolute atomic E-state index is 0.173. The van der Waals surface area contributed by atoms with Gasteiger partial charge in [0.05, 0.1) is 26.0 Å². The monoisotopic (exact) mass is 370 g/mol. The Morgan fingerprint density at radius 3 is 2.31 bits per heavy atom. The zero-order valence-corrected chi connectivity index (χ0v) is 15.7. The number of nitrogens with zero attached hydrogens (tertiary/aromatic N) is 1. The Balaban J connectivity index is 2.26. The Kier molecular flexibility index (Phi) is 5.32. The predicted molar refractivity (Wildman–Crippen MR) is 103 cm³/mol. The van der Waals surface area contributed by atoms with E-state index in [4.69, 9.17) is 9.47 Å². The average Bonchev–Trinajstić information content (AvgIpc) is 2.70. The molecule has 0 saturated carbocycles. The minimum atomic E-state index is -0.596. The number of para-hydroxylation sites is 1. The summed E-state index contributed by atoms with van der Waals surface area (Å²) in [6, 6.07) is 16.0. The highest BCUT2D eigenvalue weighted by atomic mass is 32.2. The highest BCUT2D eigenvalue weighted by Crippen LogP contribution is 2.45. The summed E-state index contributed by atoms with van der Waals surface area (Å²) in [5, 5.41) is 0. The van der Waals surface area contributed by atoms with Crippen molar-refractivity contribution in [3.63, 3.8) is 0 Å². The molecule has 1 aliphatic heterocycles. The van der Waals surface area contributed by atoms with Crippen LogP contribution in [0.5, 0.6) is 0 Å². The zero-order valence-electron chi connectivity index (χ0n) is 14.9. The van der Waals surface area contributed by atoms with Gasteiger partial charge in [-0.25, -0.2) is 9.59 Å². The Morgan fingerprint density at radius 2 is 1.65 bits per heavy atom. The second-order valence-corrected chi connectivity index (χ2v) is 7.62. The van der Waals surface area contributed by atoms with Crippen molar-refractivity contribution in [2.24, 2.45) is 0 Å². The maximum atomic E-state index is 12.5. The van der Waals surface area contributed by atoms with Crippen LogP contribution in [0.2, 0.25) is 0 Å². The first kappa shape index (κ1) is 18.1. The van der Waals surface area contributed by atoms with Crippen molar-refractivity contribution in [3.05, 3.63) is 60.3 Å². The molecule has 0 aliphatic carbocycles. The van der Waals surface area contributed by atoms with Gasteiger partial charge in [0.15, 0.2) is 10.6 Å². The Morgan fingerprint density at radius 1 is 1.00 bits per heavy atom. The molecule has 0 saturated heterocycles. The molecule has 0 fully saturated rings. The van der Waals surface area contributed by atoms with E-state index >= 15 is 0 Å². The molecular formula is C20H20NO4S+. The molecule has 6 heteroatoms. The van der Waals surface area contributed by atoms with Crippen LogP contribution >= 0.6 is 0 Å². The molecule has 5 nitrogen and oxygen atoms in total. The normalized spacial score (nSPS) is 15.7. The quantitative estimate of drug-likeness (QED) is 0.469. The van der Waals surface area contributed by atoms with Crippen molar-refractivity contribution in [3.8, 4) is 11.1 Å². The number of fused-ring (bicyclic) bond motifs is 3. The summed E-state index contributed by atoms with van der Waals surface area (Å²) in [5.74, 6) is -0.391. The molecule has 26 heavy (non-hydrogen) atoms. The number of ether oxygens (including phenoxy) is 2. The number of esters is 2. The Hall–Kier alpha value is -2.73. The summed E-state index contributed by atoms with van der Waals surface area (Å²) >= 11 is -0.440. The van der Waals surface area contributed by atoms with Gasteiger partial charge in [-0.1, -0.05) is 30.3 Å². The topological polar surface area (TPSA) is 55.8 Å². The van der Waals surface area contributed by atoms with E-state index in [9.17, 15) is 9.59 Å². The molecule has 2 aromatic rings. The lowest BCUT2D eigenvalue weighted by atomic mass is 10.0. The van der Waals surface area contributed by atoms with E-state index in [0.29, 0.717) is 0 Å². The van der Waals surface area contributed by atoms with Gasteiger partial charge in [-0.05, 0) is 25.1 Å². The maximum absolute atomic E-state index is 12.5. The summed E-state index contributed by atoms with van der Waals surface area (Å²) in [5.41, 5.74) is 3.20. The van der Waals surface area contributed by atoms with E-state index in [1.807, 2.05) is 40.7 Å². The fourth-order valence-corrected chi connectivity index (χ4v) is 5.19. The Labute approximate surface area is 155 Å². The van der Waals surface area contributed by atoms with Crippen LogP contribution in [0.1, 0.15) is 6.92 Å². The van der Waals surface area contributed by atoms with Gasteiger partial charge < -0.3 is 9.47 Å². The number of rotatable bonds is 4. The van der Waals surface area contributed by atoms with Crippen LogP contribution in [0.25, 0.3) is 11.1 Å². The first-order valence-electron chi connectivity index (χ1n) is 8.19. The number of carbonyl (C=O) groups is 2. The third kappa shape index (κ3) is 3.08. The largest absolute Gasteiger partial charge is 0.466 e. The van der Waals surface area contributed by atoms with Gasteiger partial charge in [-0.2, -0.15) is 0 Å². The number of benzene rings is 2. The highest BCUT2D eigenvalue weighted by molar-refractivity contribution is 7.98. The number of carbonyl (C=O) groups excluding carboxylic acids is 2. The standard InChI is InChI=1S/C20H20NO4S/c1-4-26-18-12-8-6-10-15(18)14-9-5-7-11-16(14)21(26)17(20(23)25-3)13-19(22)24-2/h5-13H,4H2,1-3H3/q+1.